The minimum Gasteiger partial charge on any atom is -0.478 e. The van der Waals surface area contributed by atoms with Gasteiger partial charge in [0.1, 0.15) is 6.61 Å². The number of para-hydroxylation sites is 1. The Hall–Kier alpha value is -1.73. The highest BCUT2D eigenvalue weighted by Gasteiger charge is 2.15. The van der Waals surface area contributed by atoms with E-state index in [4.69, 9.17) is 16.7 Å². The Bertz CT molecular complexity index is 496. The van der Waals surface area contributed by atoms with Crippen molar-refractivity contribution in [2.24, 2.45) is 0 Å². The van der Waals surface area contributed by atoms with Crippen molar-refractivity contribution in [2.45, 2.75) is 12.8 Å². The quantitative estimate of drug-likeness (QED) is 0.759. The number of amides is 1. The standard InChI is InChI=1S/C12H12ClF2NO4/c13-8-3-1-2-7(12(18)19)11(8)16-10(17)4-5-20-6-9(14)15/h1-3,9H,4-6H2,(H,16,17)(H,18,19). The smallest absolute Gasteiger partial charge is 0.337 e. The zero-order chi connectivity index (χ0) is 15.1. The van der Waals surface area contributed by atoms with Gasteiger partial charge in [0.2, 0.25) is 5.91 Å². The highest BCUT2D eigenvalue weighted by Crippen LogP contribution is 2.26. The third kappa shape index (κ3) is 5.10. The largest absolute Gasteiger partial charge is 0.478 e. The van der Waals surface area contributed by atoms with Crippen LogP contribution in [-0.4, -0.2) is 36.6 Å². The fourth-order valence-corrected chi connectivity index (χ4v) is 1.59. The Balaban J connectivity index is 2.60. The van der Waals surface area contributed by atoms with Crippen LogP contribution in [0.1, 0.15) is 16.8 Å². The summed E-state index contributed by atoms with van der Waals surface area (Å²) in [7, 11) is 0. The SMILES string of the molecule is O=C(CCOCC(F)F)Nc1c(Cl)cccc1C(=O)O. The van der Waals surface area contributed by atoms with Crippen molar-refractivity contribution in [3.8, 4) is 0 Å². The zero-order valence-electron chi connectivity index (χ0n) is 10.2. The molecule has 0 radical (unpaired) electrons. The average molecular weight is 308 g/mol. The number of carbonyl (C=O) groups is 2. The first kappa shape index (κ1) is 16.3. The number of hydrogen-bond donors (Lipinski definition) is 2. The van der Waals surface area contributed by atoms with E-state index < -0.39 is 24.9 Å². The molecule has 0 heterocycles. The minimum absolute atomic E-state index is 0.0273. The van der Waals surface area contributed by atoms with Crippen LogP contribution in [0.15, 0.2) is 18.2 Å². The van der Waals surface area contributed by atoms with E-state index in [2.05, 4.69) is 10.1 Å². The van der Waals surface area contributed by atoms with Gasteiger partial charge < -0.3 is 15.2 Å². The molecule has 1 amide bonds. The summed E-state index contributed by atoms with van der Waals surface area (Å²) in [6.07, 6.45) is -2.78. The first-order chi connectivity index (χ1) is 9.41. The van der Waals surface area contributed by atoms with Crippen LogP contribution in [0.5, 0.6) is 0 Å². The molecule has 0 unspecified atom stereocenters. The van der Waals surface area contributed by atoms with E-state index in [1.165, 1.54) is 18.2 Å². The van der Waals surface area contributed by atoms with E-state index in [-0.39, 0.29) is 29.3 Å². The van der Waals surface area contributed by atoms with Gasteiger partial charge in [-0.1, -0.05) is 17.7 Å². The Kier molecular flexibility index (Phi) is 6.33. The molecule has 0 spiro atoms. The van der Waals surface area contributed by atoms with Crippen molar-refractivity contribution in [2.75, 3.05) is 18.5 Å². The van der Waals surface area contributed by atoms with E-state index in [9.17, 15) is 18.4 Å². The fourth-order valence-electron chi connectivity index (χ4n) is 1.37. The van der Waals surface area contributed by atoms with Crippen LogP contribution in [-0.2, 0) is 9.53 Å². The Labute approximate surface area is 118 Å². The molecule has 8 heteroatoms. The molecule has 1 rings (SSSR count). The monoisotopic (exact) mass is 307 g/mol. The van der Waals surface area contributed by atoms with Crippen LogP contribution in [0.25, 0.3) is 0 Å². The van der Waals surface area contributed by atoms with Crippen molar-refractivity contribution in [1.82, 2.24) is 0 Å². The highest BCUT2D eigenvalue weighted by atomic mass is 35.5. The molecule has 1 aromatic carbocycles. The molecule has 0 saturated carbocycles. The molecular weight excluding hydrogens is 296 g/mol. The number of anilines is 1. The number of alkyl halides is 2. The molecule has 0 bridgehead atoms. The number of halogens is 3. The number of carboxylic acids is 1. The summed E-state index contributed by atoms with van der Waals surface area (Å²) in [5.41, 5.74) is -0.181. The lowest BCUT2D eigenvalue weighted by molar-refractivity contribution is -0.117. The van der Waals surface area contributed by atoms with Crippen LogP contribution >= 0.6 is 11.6 Å². The molecule has 0 aliphatic heterocycles. The average Bonchev–Trinajstić information content (AvgIpc) is 2.36. The number of rotatable bonds is 7. The molecule has 5 nitrogen and oxygen atoms in total. The molecule has 0 aliphatic carbocycles. The van der Waals surface area contributed by atoms with Crippen LogP contribution in [0, 0.1) is 0 Å². The van der Waals surface area contributed by atoms with Crippen molar-refractivity contribution in [1.29, 1.82) is 0 Å². The second-order valence-corrected chi connectivity index (χ2v) is 4.14. The van der Waals surface area contributed by atoms with E-state index in [0.717, 1.165) is 0 Å². The number of carbonyl (C=O) groups excluding carboxylic acids is 1. The first-order valence-electron chi connectivity index (χ1n) is 5.59. The number of carboxylic acid groups (broad SMARTS) is 1. The molecule has 20 heavy (non-hydrogen) atoms. The molecule has 0 aromatic heterocycles. The number of hydrogen-bond acceptors (Lipinski definition) is 3. The number of ether oxygens (including phenoxy) is 1. The molecule has 0 aliphatic rings. The molecule has 0 saturated heterocycles. The van der Waals surface area contributed by atoms with Crippen molar-refractivity contribution < 1.29 is 28.2 Å². The summed E-state index contributed by atoms with van der Waals surface area (Å²) >= 11 is 5.81. The second-order valence-electron chi connectivity index (χ2n) is 3.73. The normalized spacial score (nSPS) is 10.6. The summed E-state index contributed by atoms with van der Waals surface area (Å²) in [5.74, 6) is -1.81. The van der Waals surface area contributed by atoms with Gasteiger partial charge in [0.05, 0.1) is 29.3 Å². The van der Waals surface area contributed by atoms with E-state index in [1.54, 1.807) is 0 Å². The van der Waals surface area contributed by atoms with Gasteiger partial charge in [-0.3, -0.25) is 4.79 Å². The predicted octanol–water partition coefficient (Wildman–Crippen LogP) is 2.65. The van der Waals surface area contributed by atoms with Gasteiger partial charge in [-0.2, -0.15) is 0 Å². The number of benzene rings is 1. The number of nitrogens with one attached hydrogen (secondary N) is 1. The van der Waals surface area contributed by atoms with Crippen LogP contribution in [0.3, 0.4) is 0 Å². The summed E-state index contributed by atoms with van der Waals surface area (Å²) in [5, 5.41) is 11.4. The van der Waals surface area contributed by atoms with Crippen molar-refractivity contribution in [3.63, 3.8) is 0 Å². The third-order valence-electron chi connectivity index (χ3n) is 2.23. The van der Waals surface area contributed by atoms with Gasteiger partial charge in [0.25, 0.3) is 6.43 Å². The topological polar surface area (TPSA) is 75.6 Å². The van der Waals surface area contributed by atoms with Gasteiger partial charge in [0, 0.05) is 0 Å². The van der Waals surface area contributed by atoms with Gasteiger partial charge in [0.15, 0.2) is 0 Å². The lowest BCUT2D eigenvalue weighted by Crippen LogP contribution is -2.17. The van der Waals surface area contributed by atoms with E-state index in [1.807, 2.05) is 0 Å². The Morgan fingerprint density at radius 3 is 2.70 bits per heavy atom. The summed E-state index contributed by atoms with van der Waals surface area (Å²) in [4.78, 5) is 22.5. The van der Waals surface area contributed by atoms with Gasteiger partial charge in [-0.05, 0) is 12.1 Å². The number of aromatic carboxylic acids is 1. The Morgan fingerprint density at radius 2 is 2.10 bits per heavy atom. The third-order valence-corrected chi connectivity index (χ3v) is 2.54. The minimum atomic E-state index is -2.60. The summed E-state index contributed by atoms with van der Waals surface area (Å²) in [6.45, 7) is -0.942. The van der Waals surface area contributed by atoms with Crippen LogP contribution in [0.2, 0.25) is 5.02 Å². The highest BCUT2D eigenvalue weighted by molar-refractivity contribution is 6.34. The maximum Gasteiger partial charge on any atom is 0.337 e. The van der Waals surface area contributed by atoms with E-state index >= 15 is 0 Å². The lowest BCUT2D eigenvalue weighted by atomic mass is 10.1. The maximum atomic E-state index is 11.8. The maximum absolute atomic E-state index is 11.8. The molecule has 1 aromatic rings. The molecule has 2 N–H and O–H groups in total. The zero-order valence-corrected chi connectivity index (χ0v) is 11.0. The second kappa shape index (κ2) is 7.76. The van der Waals surface area contributed by atoms with Crippen molar-refractivity contribution >= 4 is 29.2 Å². The fraction of sp³-hybridized carbons (Fsp3) is 0.333. The molecular formula is C12H12ClF2NO4. The predicted molar refractivity (Wildman–Crippen MR) is 68.5 cm³/mol. The molecule has 0 fully saturated rings. The summed E-state index contributed by atoms with van der Waals surface area (Å²) < 4.78 is 28.1. The Morgan fingerprint density at radius 1 is 1.40 bits per heavy atom. The lowest BCUT2D eigenvalue weighted by Gasteiger charge is -2.10. The van der Waals surface area contributed by atoms with Crippen LogP contribution < -0.4 is 5.32 Å². The molecule has 110 valence electrons. The van der Waals surface area contributed by atoms with Gasteiger partial charge >= 0.3 is 5.97 Å². The first-order valence-corrected chi connectivity index (χ1v) is 5.97. The van der Waals surface area contributed by atoms with Crippen molar-refractivity contribution in [3.05, 3.63) is 28.8 Å². The molecule has 0 atom stereocenters. The van der Waals surface area contributed by atoms with E-state index in [0.29, 0.717) is 0 Å². The summed E-state index contributed by atoms with van der Waals surface area (Å²) in [6, 6.07) is 4.15. The van der Waals surface area contributed by atoms with Crippen LogP contribution in [0.4, 0.5) is 14.5 Å². The van der Waals surface area contributed by atoms with Gasteiger partial charge in [-0.15, -0.1) is 0 Å². The van der Waals surface area contributed by atoms with Gasteiger partial charge in [-0.25, -0.2) is 13.6 Å².